The van der Waals surface area contributed by atoms with E-state index in [1.165, 1.54) is 11.1 Å². The Kier molecular flexibility index (Phi) is 4.99. The molecule has 0 radical (unpaired) electrons. The van der Waals surface area contributed by atoms with Crippen LogP contribution in [0.3, 0.4) is 0 Å². The highest BCUT2D eigenvalue weighted by molar-refractivity contribution is 6.36. The van der Waals surface area contributed by atoms with Gasteiger partial charge in [-0.15, -0.1) is 0 Å². The Morgan fingerprint density at radius 2 is 1.71 bits per heavy atom. The number of rotatable bonds is 5. The third kappa shape index (κ3) is 2.52. The second-order valence-corrected chi connectivity index (χ2v) is 4.89. The molecule has 0 atom stereocenters. The quantitative estimate of drug-likeness (QED) is 0.653. The second-order valence-electron chi connectivity index (χ2n) is 4.89. The SMILES string of the molecule is CCOC(=O)C1(C(=O)OCC)C(=N)C(C#N)=CN1c1ccccc1. The largest absolute Gasteiger partial charge is 0.463 e. The van der Waals surface area contributed by atoms with E-state index < -0.39 is 23.2 Å². The number of para-hydroxylation sites is 1. The lowest BCUT2D eigenvalue weighted by Crippen LogP contribution is -2.62. The van der Waals surface area contributed by atoms with Crippen molar-refractivity contribution in [2.24, 2.45) is 0 Å². The van der Waals surface area contributed by atoms with E-state index in [9.17, 15) is 14.9 Å². The molecule has 0 saturated heterocycles. The van der Waals surface area contributed by atoms with E-state index in [0.717, 1.165) is 0 Å². The van der Waals surface area contributed by atoms with Gasteiger partial charge >= 0.3 is 11.9 Å². The molecular weight excluding hydrogens is 310 g/mol. The number of nitriles is 1. The Morgan fingerprint density at radius 3 is 2.17 bits per heavy atom. The number of nitrogens with zero attached hydrogens (tertiary/aromatic N) is 2. The minimum Gasteiger partial charge on any atom is -0.463 e. The molecule has 2 rings (SSSR count). The Labute approximate surface area is 139 Å². The Balaban J connectivity index is 2.68. The molecule has 1 N–H and O–H groups in total. The number of anilines is 1. The van der Waals surface area contributed by atoms with Gasteiger partial charge in [0.15, 0.2) is 0 Å². The van der Waals surface area contributed by atoms with Gasteiger partial charge in [0.2, 0.25) is 0 Å². The number of nitrogens with one attached hydrogen (secondary N) is 1. The van der Waals surface area contributed by atoms with Crippen LogP contribution in [0.25, 0.3) is 0 Å². The van der Waals surface area contributed by atoms with Crippen LogP contribution in [0, 0.1) is 16.7 Å². The summed E-state index contributed by atoms with van der Waals surface area (Å²) in [4.78, 5) is 26.6. The van der Waals surface area contributed by atoms with Gasteiger partial charge in [0.1, 0.15) is 6.07 Å². The molecule has 1 heterocycles. The van der Waals surface area contributed by atoms with Crippen molar-refractivity contribution >= 4 is 23.3 Å². The Bertz CT molecular complexity index is 716. The maximum atomic E-state index is 12.7. The fourth-order valence-corrected chi connectivity index (χ4v) is 2.50. The monoisotopic (exact) mass is 327 g/mol. The molecule has 124 valence electrons. The van der Waals surface area contributed by atoms with Crippen molar-refractivity contribution in [2.45, 2.75) is 19.4 Å². The summed E-state index contributed by atoms with van der Waals surface area (Å²) in [6.45, 7) is 3.25. The van der Waals surface area contributed by atoms with Crippen LogP contribution in [0.15, 0.2) is 42.1 Å². The van der Waals surface area contributed by atoms with Gasteiger partial charge in [-0.3, -0.25) is 0 Å². The number of ether oxygens (including phenoxy) is 2. The maximum absolute atomic E-state index is 12.7. The third-order valence-electron chi connectivity index (χ3n) is 3.55. The summed E-state index contributed by atoms with van der Waals surface area (Å²) < 4.78 is 10.1. The lowest BCUT2D eigenvalue weighted by Gasteiger charge is -2.34. The minimum absolute atomic E-state index is 0.0256. The number of hydrogen-bond acceptors (Lipinski definition) is 7. The number of esters is 2. The summed E-state index contributed by atoms with van der Waals surface area (Å²) in [6, 6.07) is 10.4. The fourth-order valence-electron chi connectivity index (χ4n) is 2.50. The zero-order chi connectivity index (χ0) is 17.7. The molecule has 1 aromatic carbocycles. The molecule has 7 heteroatoms. The summed E-state index contributed by atoms with van der Waals surface area (Å²) in [7, 11) is 0. The lowest BCUT2D eigenvalue weighted by atomic mass is 9.90. The first-order valence-corrected chi connectivity index (χ1v) is 7.44. The van der Waals surface area contributed by atoms with E-state index in [0.29, 0.717) is 5.69 Å². The zero-order valence-electron chi connectivity index (χ0n) is 13.4. The molecule has 0 saturated carbocycles. The van der Waals surface area contributed by atoms with Crippen molar-refractivity contribution in [1.29, 1.82) is 10.7 Å². The summed E-state index contributed by atoms with van der Waals surface area (Å²) >= 11 is 0. The highest BCUT2D eigenvalue weighted by atomic mass is 16.6. The van der Waals surface area contributed by atoms with Gasteiger partial charge in [-0.2, -0.15) is 5.26 Å². The third-order valence-corrected chi connectivity index (χ3v) is 3.55. The summed E-state index contributed by atoms with van der Waals surface area (Å²) in [5.74, 6) is -1.89. The van der Waals surface area contributed by atoms with Gasteiger partial charge < -0.3 is 19.8 Å². The first-order chi connectivity index (χ1) is 11.5. The topological polar surface area (TPSA) is 103 Å². The predicted octanol–water partition coefficient (Wildman–Crippen LogP) is 1.80. The van der Waals surface area contributed by atoms with Crippen LogP contribution in [-0.4, -0.2) is 36.4 Å². The summed E-state index contributed by atoms with van der Waals surface area (Å²) in [5.41, 5.74) is -2.24. The lowest BCUT2D eigenvalue weighted by molar-refractivity contribution is -0.159. The second kappa shape index (κ2) is 6.96. The first-order valence-electron chi connectivity index (χ1n) is 7.44. The number of carbonyl (C=O) groups is 2. The van der Waals surface area contributed by atoms with Gasteiger partial charge in [-0.05, 0) is 26.0 Å². The van der Waals surface area contributed by atoms with Crippen LogP contribution >= 0.6 is 0 Å². The zero-order valence-corrected chi connectivity index (χ0v) is 13.4. The van der Waals surface area contributed by atoms with Crippen molar-refractivity contribution in [3.8, 4) is 6.07 Å². The number of hydrogen-bond donors (Lipinski definition) is 1. The van der Waals surface area contributed by atoms with Crippen LogP contribution in [0.2, 0.25) is 0 Å². The number of benzene rings is 1. The molecule has 0 aliphatic carbocycles. The molecule has 1 aromatic rings. The smallest absolute Gasteiger partial charge is 0.350 e. The molecule has 0 fully saturated rings. The molecule has 0 amide bonds. The summed E-state index contributed by atoms with van der Waals surface area (Å²) in [5, 5.41) is 17.5. The molecule has 1 aliphatic rings. The van der Waals surface area contributed by atoms with Crippen molar-refractivity contribution in [2.75, 3.05) is 18.1 Å². The van der Waals surface area contributed by atoms with E-state index in [1.54, 1.807) is 44.2 Å². The molecule has 0 spiro atoms. The van der Waals surface area contributed by atoms with Gasteiger partial charge in [0.25, 0.3) is 5.54 Å². The van der Waals surface area contributed by atoms with Crippen LogP contribution < -0.4 is 4.90 Å². The van der Waals surface area contributed by atoms with Crippen LogP contribution in [0.1, 0.15) is 13.8 Å². The minimum atomic E-state index is -2.15. The van der Waals surface area contributed by atoms with Gasteiger partial charge in [-0.1, -0.05) is 18.2 Å². The highest BCUT2D eigenvalue weighted by Gasteiger charge is 2.61. The van der Waals surface area contributed by atoms with E-state index in [4.69, 9.17) is 14.9 Å². The van der Waals surface area contributed by atoms with E-state index in [1.807, 2.05) is 6.07 Å². The Morgan fingerprint density at radius 1 is 1.17 bits per heavy atom. The Hall–Kier alpha value is -3.14. The molecule has 0 unspecified atom stereocenters. The molecule has 24 heavy (non-hydrogen) atoms. The molecule has 0 bridgehead atoms. The predicted molar refractivity (Wildman–Crippen MR) is 86.3 cm³/mol. The van der Waals surface area contributed by atoms with Crippen LogP contribution in [0.4, 0.5) is 5.69 Å². The normalized spacial score (nSPS) is 15.5. The average Bonchev–Trinajstić information content (AvgIpc) is 2.89. The van der Waals surface area contributed by atoms with Crippen molar-refractivity contribution in [1.82, 2.24) is 0 Å². The summed E-state index contributed by atoms with van der Waals surface area (Å²) in [6.07, 6.45) is 1.30. The van der Waals surface area contributed by atoms with Crippen LogP contribution in [0.5, 0.6) is 0 Å². The van der Waals surface area contributed by atoms with Gasteiger partial charge in [0, 0.05) is 11.9 Å². The van der Waals surface area contributed by atoms with E-state index >= 15 is 0 Å². The van der Waals surface area contributed by atoms with Gasteiger partial charge in [0.05, 0.1) is 24.5 Å². The van der Waals surface area contributed by atoms with Crippen molar-refractivity contribution < 1.29 is 19.1 Å². The fraction of sp³-hybridized carbons (Fsp3) is 0.294. The first kappa shape index (κ1) is 17.2. The average molecular weight is 327 g/mol. The number of carbonyl (C=O) groups excluding carboxylic acids is 2. The molecule has 0 aromatic heterocycles. The molecular formula is C17H17N3O4. The van der Waals surface area contributed by atoms with Gasteiger partial charge in [-0.25, -0.2) is 9.59 Å². The van der Waals surface area contributed by atoms with Crippen molar-refractivity contribution in [3.05, 3.63) is 42.1 Å². The molecule has 1 aliphatic heterocycles. The highest BCUT2D eigenvalue weighted by Crippen LogP contribution is 2.36. The van der Waals surface area contributed by atoms with Crippen LogP contribution in [-0.2, 0) is 19.1 Å². The standard InChI is InChI=1S/C17H17N3O4/c1-3-23-15(21)17(16(22)24-4-2)14(19)12(10-18)11-20(17)13-8-6-5-7-9-13/h5-9,11,19H,3-4H2,1-2H3. The van der Waals surface area contributed by atoms with E-state index in [2.05, 4.69) is 0 Å². The van der Waals surface area contributed by atoms with E-state index in [-0.39, 0.29) is 18.8 Å². The molecule has 7 nitrogen and oxygen atoms in total. The van der Waals surface area contributed by atoms with Crippen molar-refractivity contribution in [3.63, 3.8) is 0 Å². The maximum Gasteiger partial charge on any atom is 0.350 e.